The standard InChI is InChI=1S/C20H14ClN3O2/c1-12-4-2-5-13(18(12)25)11-23-14-7-8-16(21)15(10-14)20-24-19-17(26-20)6-3-9-22-19/h2-11,25H,1H3. The highest BCUT2D eigenvalue weighted by Gasteiger charge is 2.13. The van der Waals surface area contributed by atoms with Gasteiger partial charge in [0.1, 0.15) is 5.75 Å². The van der Waals surface area contributed by atoms with Crippen LogP contribution < -0.4 is 0 Å². The van der Waals surface area contributed by atoms with Gasteiger partial charge in [-0.25, -0.2) is 4.98 Å². The van der Waals surface area contributed by atoms with Crippen LogP contribution in [-0.2, 0) is 0 Å². The Labute approximate surface area is 154 Å². The predicted molar refractivity (Wildman–Crippen MR) is 102 cm³/mol. The number of rotatable bonds is 3. The zero-order chi connectivity index (χ0) is 18.1. The molecular weight excluding hydrogens is 350 g/mol. The Morgan fingerprint density at radius 3 is 2.88 bits per heavy atom. The van der Waals surface area contributed by atoms with Gasteiger partial charge in [0.15, 0.2) is 11.2 Å². The lowest BCUT2D eigenvalue weighted by Crippen LogP contribution is -1.85. The van der Waals surface area contributed by atoms with E-state index < -0.39 is 0 Å². The smallest absolute Gasteiger partial charge is 0.230 e. The molecule has 4 aromatic rings. The highest BCUT2D eigenvalue weighted by molar-refractivity contribution is 6.33. The summed E-state index contributed by atoms with van der Waals surface area (Å²) in [6, 6.07) is 14.4. The molecule has 0 atom stereocenters. The van der Waals surface area contributed by atoms with E-state index in [1.807, 2.05) is 19.1 Å². The molecule has 0 saturated carbocycles. The number of aliphatic imine (C=N–C) groups is 1. The third-order valence-corrected chi connectivity index (χ3v) is 4.30. The fourth-order valence-corrected chi connectivity index (χ4v) is 2.77. The molecule has 6 heteroatoms. The summed E-state index contributed by atoms with van der Waals surface area (Å²) in [6.45, 7) is 1.84. The van der Waals surface area contributed by atoms with E-state index in [1.165, 1.54) is 0 Å². The van der Waals surface area contributed by atoms with E-state index in [2.05, 4.69) is 15.0 Å². The average Bonchev–Trinajstić information content (AvgIpc) is 3.08. The molecule has 2 heterocycles. The van der Waals surface area contributed by atoms with Gasteiger partial charge >= 0.3 is 0 Å². The van der Waals surface area contributed by atoms with Crippen LogP contribution in [0.2, 0.25) is 5.02 Å². The Morgan fingerprint density at radius 1 is 1.15 bits per heavy atom. The molecule has 0 saturated heterocycles. The lowest BCUT2D eigenvalue weighted by atomic mass is 10.1. The molecule has 128 valence electrons. The number of fused-ring (bicyclic) bond motifs is 1. The second kappa shape index (κ2) is 6.61. The van der Waals surface area contributed by atoms with E-state index in [0.29, 0.717) is 39.0 Å². The number of nitrogens with zero attached hydrogens (tertiary/aromatic N) is 3. The molecule has 0 aliphatic rings. The molecule has 0 unspecified atom stereocenters. The van der Waals surface area contributed by atoms with E-state index in [-0.39, 0.29) is 5.75 Å². The first-order valence-electron chi connectivity index (χ1n) is 7.96. The highest BCUT2D eigenvalue weighted by atomic mass is 35.5. The number of oxazole rings is 1. The zero-order valence-electron chi connectivity index (χ0n) is 13.8. The molecule has 0 aliphatic heterocycles. The van der Waals surface area contributed by atoms with Gasteiger partial charge in [-0.3, -0.25) is 4.99 Å². The van der Waals surface area contributed by atoms with Crippen molar-refractivity contribution in [2.75, 3.05) is 0 Å². The van der Waals surface area contributed by atoms with Crippen molar-refractivity contribution in [1.29, 1.82) is 0 Å². The van der Waals surface area contributed by atoms with Crippen molar-refractivity contribution in [2.45, 2.75) is 6.92 Å². The molecule has 2 aromatic carbocycles. The summed E-state index contributed by atoms with van der Waals surface area (Å²) in [4.78, 5) is 13.0. The van der Waals surface area contributed by atoms with E-state index in [1.54, 1.807) is 48.8 Å². The fourth-order valence-electron chi connectivity index (χ4n) is 2.57. The first-order valence-corrected chi connectivity index (χ1v) is 8.34. The molecule has 2 aromatic heterocycles. The van der Waals surface area contributed by atoms with E-state index in [0.717, 1.165) is 5.56 Å². The summed E-state index contributed by atoms with van der Waals surface area (Å²) in [5.74, 6) is 0.606. The van der Waals surface area contributed by atoms with Crippen LogP contribution >= 0.6 is 11.6 Å². The maximum Gasteiger partial charge on any atom is 0.230 e. The number of phenols is 1. The Kier molecular flexibility index (Phi) is 4.14. The summed E-state index contributed by atoms with van der Waals surface area (Å²) >= 11 is 6.31. The van der Waals surface area contributed by atoms with Crippen LogP contribution in [0.3, 0.4) is 0 Å². The van der Waals surface area contributed by atoms with Gasteiger partial charge in [-0.05, 0) is 48.9 Å². The second-order valence-corrected chi connectivity index (χ2v) is 6.19. The minimum absolute atomic E-state index is 0.218. The SMILES string of the molecule is Cc1cccc(C=Nc2ccc(Cl)c(-c3nc4ncccc4o3)c2)c1O. The maximum absolute atomic E-state index is 10.1. The summed E-state index contributed by atoms with van der Waals surface area (Å²) < 4.78 is 5.74. The topological polar surface area (TPSA) is 71.5 Å². The lowest BCUT2D eigenvalue weighted by molar-refractivity contribution is 0.470. The summed E-state index contributed by atoms with van der Waals surface area (Å²) in [5.41, 5.74) is 3.86. The number of para-hydroxylation sites is 1. The molecule has 0 radical (unpaired) electrons. The van der Waals surface area contributed by atoms with Crippen LogP contribution in [0.1, 0.15) is 11.1 Å². The van der Waals surface area contributed by atoms with Gasteiger partial charge in [0.2, 0.25) is 5.89 Å². The Balaban J connectivity index is 1.72. The van der Waals surface area contributed by atoms with Crippen molar-refractivity contribution >= 4 is 34.7 Å². The van der Waals surface area contributed by atoms with Gasteiger partial charge in [-0.15, -0.1) is 0 Å². The third-order valence-electron chi connectivity index (χ3n) is 3.97. The fraction of sp³-hybridized carbons (Fsp3) is 0.0500. The van der Waals surface area contributed by atoms with Crippen LogP contribution in [0.15, 0.2) is 64.1 Å². The molecular formula is C20H14ClN3O2. The Bertz CT molecular complexity index is 1100. The third kappa shape index (κ3) is 3.05. The predicted octanol–water partition coefficient (Wildman–Crippen LogP) is 5.31. The van der Waals surface area contributed by atoms with Crippen molar-refractivity contribution in [3.63, 3.8) is 0 Å². The van der Waals surface area contributed by atoms with E-state index >= 15 is 0 Å². The number of aryl methyl sites for hydroxylation is 1. The van der Waals surface area contributed by atoms with Gasteiger partial charge in [-0.1, -0.05) is 23.7 Å². The van der Waals surface area contributed by atoms with E-state index in [4.69, 9.17) is 16.0 Å². The largest absolute Gasteiger partial charge is 0.507 e. The van der Waals surface area contributed by atoms with Gasteiger partial charge in [0.25, 0.3) is 0 Å². The van der Waals surface area contributed by atoms with Crippen LogP contribution in [0.25, 0.3) is 22.7 Å². The summed E-state index contributed by atoms with van der Waals surface area (Å²) in [5, 5.41) is 10.6. The van der Waals surface area contributed by atoms with Crippen molar-refractivity contribution in [3.8, 4) is 17.2 Å². The van der Waals surface area contributed by atoms with Crippen molar-refractivity contribution in [3.05, 3.63) is 70.9 Å². The molecule has 0 fully saturated rings. The second-order valence-electron chi connectivity index (χ2n) is 5.78. The monoisotopic (exact) mass is 363 g/mol. The molecule has 0 bridgehead atoms. The minimum Gasteiger partial charge on any atom is -0.507 e. The number of pyridine rings is 1. The quantitative estimate of drug-likeness (QED) is 0.501. The van der Waals surface area contributed by atoms with Gasteiger partial charge in [0.05, 0.1) is 16.3 Å². The number of aromatic nitrogens is 2. The first-order chi connectivity index (χ1) is 12.6. The molecule has 5 nitrogen and oxygen atoms in total. The van der Waals surface area contributed by atoms with Crippen molar-refractivity contribution in [1.82, 2.24) is 9.97 Å². The maximum atomic E-state index is 10.1. The van der Waals surface area contributed by atoms with Crippen LogP contribution in [-0.4, -0.2) is 21.3 Å². The van der Waals surface area contributed by atoms with E-state index in [9.17, 15) is 5.11 Å². The number of hydrogen-bond donors (Lipinski definition) is 1. The Morgan fingerprint density at radius 2 is 2.04 bits per heavy atom. The van der Waals surface area contributed by atoms with Gasteiger partial charge < -0.3 is 9.52 Å². The number of benzene rings is 2. The van der Waals surface area contributed by atoms with Crippen LogP contribution in [0, 0.1) is 6.92 Å². The summed E-state index contributed by atoms with van der Waals surface area (Å²) in [7, 11) is 0. The molecule has 0 spiro atoms. The minimum atomic E-state index is 0.218. The molecule has 0 amide bonds. The molecule has 0 aliphatic carbocycles. The lowest BCUT2D eigenvalue weighted by Gasteiger charge is -2.03. The number of phenolic OH excluding ortho intramolecular Hbond substituents is 1. The normalized spacial score (nSPS) is 11.5. The first kappa shape index (κ1) is 16.3. The molecule has 1 N–H and O–H groups in total. The van der Waals surface area contributed by atoms with Crippen molar-refractivity contribution in [2.24, 2.45) is 4.99 Å². The molecule has 4 rings (SSSR count). The molecule has 26 heavy (non-hydrogen) atoms. The van der Waals surface area contributed by atoms with Crippen LogP contribution in [0.4, 0.5) is 5.69 Å². The van der Waals surface area contributed by atoms with Gasteiger partial charge in [0, 0.05) is 18.0 Å². The number of aromatic hydroxyl groups is 1. The zero-order valence-corrected chi connectivity index (χ0v) is 14.6. The number of hydrogen-bond acceptors (Lipinski definition) is 5. The number of halogens is 1. The Hall–Kier alpha value is -3.18. The summed E-state index contributed by atoms with van der Waals surface area (Å²) in [6.07, 6.45) is 3.27. The van der Waals surface area contributed by atoms with Crippen molar-refractivity contribution < 1.29 is 9.52 Å². The van der Waals surface area contributed by atoms with Gasteiger partial charge in [-0.2, -0.15) is 4.98 Å². The highest BCUT2D eigenvalue weighted by Crippen LogP contribution is 2.32. The average molecular weight is 364 g/mol. The van der Waals surface area contributed by atoms with Crippen LogP contribution in [0.5, 0.6) is 5.75 Å².